The molecule has 0 aliphatic heterocycles. The van der Waals surface area contributed by atoms with Crippen LogP contribution in [0.2, 0.25) is 0 Å². The van der Waals surface area contributed by atoms with Crippen molar-refractivity contribution in [3.05, 3.63) is 35.8 Å². The molecule has 0 aromatic rings. The first-order chi connectivity index (χ1) is 7.81. The molecule has 0 saturated heterocycles. The van der Waals surface area contributed by atoms with E-state index in [9.17, 15) is 19.4 Å². The van der Waals surface area contributed by atoms with Crippen LogP contribution in [-0.2, 0) is 0 Å². The zero-order chi connectivity index (χ0) is 14.7. The Kier molecular flexibility index (Phi) is 4.48. The van der Waals surface area contributed by atoms with Gasteiger partial charge in [0.25, 0.3) is 0 Å². The van der Waals surface area contributed by atoms with Crippen molar-refractivity contribution in [3.63, 3.8) is 0 Å². The van der Waals surface area contributed by atoms with Gasteiger partial charge in [-0.25, -0.2) is 0 Å². The van der Waals surface area contributed by atoms with Gasteiger partial charge in [-0.1, -0.05) is 45.1 Å². The van der Waals surface area contributed by atoms with Crippen molar-refractivity contribution < 1.29 is 19.4 Å². The van der Waals surface area contributed by atoms with Gasteiger partial charge in [-0.3, -0.25) is 0 Å². The van der Waals surface area contributed by atoms with E-state index in [1.165, 1.54) is 0 Å². The van der Waals surface area contributed by atoms with Crippen LogP contribution in [0.4, 0.5) is 19.4 Å². The number of nitrogens with one attached hydrogen (secondary N) is 1. The van der Waals surface area contributed by atoms with Crippen molar-refractivity contribution in [2.24, 2.45) is 5.92 Å². The van der Waals surface area contributed by atoms with Crippen LogP contribution in [0.3, 0.4) is 0 Å². The summed E-state index contributed by atoms with van der Waals surface area (Å²) in [5.41, 5.74) is 0.00778. The lowest BCUT2D eigenvalue weighted by Gasteiger charge is -2.41. The summed E-state index contributed by atoms with van der Waals surface area (Å²) in [6.45, 7) is 8.40. The topological polar surface area (TPSA) is 12.0 Å². The molecule has 108 valence electrons. The van der Waals surface area contributed by atoms with Crippen molar-refractivity contribution in [3.8, 4) is 0 Å². The second-order valence-electron chi connectivity index (χ2n) is 4.09. The maximum atomic E-state index is 12.6. The van der Waals surface area contributed by atoms with Crippen LogP contribution in [-0.4, -0.2) is 13.6 Å². The van der Waals surface area contributed by atoms with Crippen LogP contribution in [0.5, 0.6) is 0 Å². The smallest absolute Gasteiger partial charge is 0.310 e. The fraction of sp³-hybridized carbons (Fsp3) is 0.455. The Morgan fingerprint density at radius 1 is 1.28 bits per heavy atom. The van der Waals surface area contributed by atoms with E-state index in [1.807, 2.05) is 0 Å². The number of hydrogen-bond acceptors (Lipinski definition) is 1. The summed E-state index contributed by atoms with van der Waals surface area (Å²) in [6.07, 6.45) is 1.03. The summed E-state index contributed by atoms with van der Waals surface area (Å²) in [7, 11) is -7.98. The van der Waals surface area contributed by atoms with Crippen molar-refractivity contribution in [2.75, 3.05) is 13.6 Å². The lowest BCUT2D eigenvalue weighted by atomic mass is 9.99. The molecule has 0 aromatic carbocycles. The van der Waals surface area contributed by atoms with Gasteiger partial charge in [-0.05, 0) is 38.1 Å². The molecule has 0 spiro atoms. The third-order valence-electron chi connectivity index (χ3n) is 2.43. The molecule has 1 atom stereocenters. The van der Waals surface area contributed by atoms with Crippen LogP contribution >= 0.6 is 10.2 Å². The summed E-state index contributed by atoms with van der Waals surface area (Å²) in [6, 6.07) is 0. The van der Waals surface area contributed by atoms with Gasteiger partial charge in [0.15, 0.2) is 0 Å². The molecule has 0 amide bonds. The Hall–Kier alpha value is -0.820. The molecule has 0 bridgehead atoms. The fourth-order valence-corrected chi connectivity index (χ4v) is 1.89. The largest absolute Gasteiger partial charge is 0.320 e. The van der Waals surface area contributed by atoms with E-state index in [1.54, 1.807) is 14.0 Å². The SMILES string of the molecule is C=C/C(=C\C(=C)C(C)CCNC)S(F)(F)(F)(F)F. The second kappa shape index (κ2) is 4.70. The molecular formula is C11H18F5NS. The third-order valence-corrected chi connectivity index (χ3v) is 3.61. The first kappa shape index (κ1) is 17.2. The molecule has 1 unspecified atom stereocenters. The van der Waals surface area contributed by atoms with E-state index in [4.69, 9.17) is 0 Å². The molecule has 0 saturated carbocycles. The molecule has 0 radical (unpaired) electrons. The molecule has 0 fully saturated rings. The van der Waals surface area contributed by atoms with E-state index in [-0.39, 0.29) is 17.6 Å². The van der Waals surface area contributed by atoms with Gasteiger partial charge >= 0.3 is 10.2 Å². The van der Waals surface area contributed by atoms with Crippen molar-refractivity contribution >= 4 is 10.2 Å². The molecule has 0 aromatic heterocycles. The Morgan fingerprint density at radius 3 is 2.11 bits per heavy atom. The van der Waals surface area contributed by atoms with Gasteiger partial charge in [0.05, 0.1) is 0 Å². The molecule has 0 heterocycles. The monoisotopic (exact) mass is 291 g/mol. The molecular weight excluding hydrogens is 273 g/mol. The molecule has 18 heavy (non-hydrogen) atoms. The van der Waals surface area contributed by atoms with Crippen molar-refractivity contribution in [1.82, 2.24) is 5.32 Å². The average Bonchev–Trinajstić information content (AvgIpc) is 2.18. The zero-order valence-electron chi connectivity index (χ0n) is 10.4. The van der Waals surface area contributed by atoms with Gasteiger partial charge in [0.2, 0.25) is 0 Å². The third kappa shape index (κ3) is 5.68. The highest BCUT2D eigenvalue weighted by Crippen LogP contribution is 3.02. The maximum absolute atomic E-state index is 12.6. The van der Waals surface area contributed by atoms with Gasteiger partial charge < -0.3 is 5.32 Å². The number of allylic oxidation sites excluding steroid dienone is 3. The summed E-state index contributed by atoms with van der Waals surface area (Å²) in [5, 5.41) is 2.82. The highest BCUT2D eigenvalue weighted by atomic mass is 32.5. The first-order valence-corrected chi connectivity index (χ1v) is 7.18. The molecule has 0 rings (SSSR count). The Bertz CT molecular complexity index is 367. The Balaban J connectivity index is 5.18. The average molecular weight is 291 g/mol. The predicted molar refractivity (Wildman–Crippen MR) is 68.3 cm³/mol. The van der Waals surface area contributed by atoms with Crippen LogP contribution in [0.25, 0.3) is 0 Å². The fourth-order valence-electron chi connectivity index (χ4n) is 1.20. The van der Waals surface area contributed by atoms with Gasteiger partial charge in [-0.2, -0.15) is 0 Å². The van der Waals surface area contributed by atoms with Crippen molar-refractivity contribution in [2.45, 2.75) is 13.3 Å². The zero-order valence-corrected chi connectivity index (χ0v) is 11.2. The van der Waals surface area contributed by atoms with Crippen LogP contribution in [0.15, 0.2) is 35.8 Å². The van der Waals surface area contributed by atoms with Crippen LogP contribution in [0.1, 0.15) is 13.3 Å². The minimum absolute atomic E-state index is 0.00778. The Labute approximate surface area is 104 Å². The van der Waals surface area contributed by atoms with Crippen LogP contribution in [0, 0.1) is 5.92 Å². The number of hydrogen-bond donors (Lipinski definition) is 1. The second-order valence-corrected chi connectivity index (χ2v) is 6.50. The van der Waals surface area contributed by atoms with Crippen molar-refractivity contribution in [1.29, 1.82) is 0 Å². The minimum Gasteiger partial charge on any atom is -0.320 e. The van der Waals surface area contributed by atoms with E-state index in [2.05, 4.69) is 18.5 Å². The molecule has 0 aliphatic carbocycles. The molecule has 1 nitrogen and oxygen atoms in total. The lowest BCUT2D eigenvalue weighted by molar-refractivity contribution is 0.380. The van der Waals surface area contributed by atoms with E-state index in [0.29, 0.717) is 19.0 Å². The first-order valence-electron chi connectivity index (χ1n) is 5.23. The highest BCUT2D eigenvalue weighted by Gasteiger charge is 2.66. The predicted octanol–water partition coefficient (Wildman–Crippen LogP) is 5.16. The molecule has 1 N–H and O–H groups in total. The van der Waals surface area contributed by atoms with E-state index >= 15 is 0 Å². The maximum Gasteiger partial charge on any atom is 0.310 e. The van der Waals surface area contributed by atoms with Gasteiger partial charge in [0, 0.05) is 0 Å². The molecule has 0 aliphatic rings. The number of halogens is 5. The normalized spacial score (nSPS) is 18.7. The summed E-state index contributed by atoms with van der Waals surface area (Å²) in [5.74, 6) is -0.327. The quantitative estimate of drug-likeness (QED) is 0.505. The minimum atomic E-state index is -9.67. The van der Waals surface area contributed by atoms with Crippen LogP contribution < -0.4 is 5.32 Å². The molecule has 7 heteroatoms. The standard InChI is InChI=1S/C11H18F5NS/c1-5-11(18(12,13,14,15)16)8-10(3)9(2)6-7-17-4/h5,8-9,17H,1,3,6-7H2,2,4H3/b11-8+. The summed E-state index contributed by atoms with van der Waals surface area (Å²) in [4.78, 5) is -1.99. The Morgan fingerprint density at radius 2 is 1.78 bits per heavy atom. The van der Waals surface area contributed by atoms with E-state index < -0.39 is 15.1 Å². The lowest BCUT2D eigenvalue weighted by Crippen LogP contribution is -2.13. The summed E-state index contributed by atoms with van der Waals surface area (Å²) >= 11 is 0. The van der Waals surface area contributed by atoms with Gasteiger partial charge in [-0.15, -0.1) is 0 Å². The van der Waals surface area contributed by atoms with E-state index in [0.717, 1.165) is 0 Å². The van der Waals surface area contributed by atoms with Gasteiger partial charge in [0.1, 0.15) is 4.91 Å². The number of rotatable bonds is 7. The highest BCUT2D eigenvalue weighted by molar-refractivity contribution is 8.48. The summed E-state index contributed by atoms with van der Waals surface area (Å²) < 4.78 is 62.8.